The second-order valence-corrected chi connectivity index (χ2v) is 7.95. The van der Waals surface area contributed by atoms with Crippen LogP contribution in [0.1, 0.15) is 23.1 Å². The van der Waals surface area contributed by atoms with Crippen LogP contribution in [0.15, 0.2) is 48.8 Å². The van der Waals surface area contributed by atoms with Crippen LogP contribution in [0.3, 0.4) is 0 Å². The van der Waals surface area contributed by atoms with Gasteiger partial charge in [-0.1, -0.05) is 29.8 Å². The van der Waals surface area contributed by atoms with Gasteiger partial charge in [-0.05, 0) is 30.2 Å². The predicted octanol–water partition coefficient (Wildman–Crippen LogP) is 1.86. The summed E-state index contributed by atoms with van der Waals surface area (Å²) >= 11 is 0. The number of pyridine rings is 1. The van der Waals surface area contributed by atoms with E-state index in [4.69, 9.17) is 0 Å². The minimum atomic E-state index is -3.40. The molecule has 0 fully saturated rings. The Labute approximate surface area is 148 Å². The first-order valence-corrected chi connectivity index (χ1v) is 9.86. The molecule has 0 atom stereocenters. The number of benzene rings is 1. The Bertz CT molecular complexity index is 790. The molecule has 0 aliphatic heterocycles. The van der Waals surface area contributed by atoms with Gasteiger partial charge in [0.15, 0.2) is 0 Å². The highest BCUT2D eigenvalue weighted by molar-refractivity contribution is 7.88. The average Bonchev–Trinajstić information content (AvgIpc) is 2.58. The molecule has 2 aromatic rings. The molecule has 0 spiro atoms. The maximum atomic E-state index is 12.0. The highest BCUT2D eigenvalue weighted by Gasteiger charge is 2.18. The van der Waals surface area contributed by atoms with Crippen molar-refractivity contribution < 1.29 is 13.2 Å². The van der Waals surface area contributed by atoms with Crippen molar-refractivity contribution in [3.8, 4) is 0 Å². The fraction of sp³-hybridized carbons (Fsp3) is 0.333. The Morgan fingerprint density at radius 1 is 1.08 bits per heavy atom. The summed E-state index contributed by atoms with van der Waals surface area (Å²) in [6, 6.07) is 11.4. The van der Waals surface area contributed by atoms with Gasteiger partial charge < -0.3 is 5.32 Å². The van der Waals surface area contributed by atoms with Crippen LogP contribution in [-0.4, -0.2) is 36.4 Å². The quantitative estimate of drug-likeness (QED) is 0.778. The Hall–Kier alpha value is -2.25. The first kappa shape index (κ1) is 19.1. The van der Waals surface area contributed by atoms with Crippen molar-refractivity contribution in [1.29, 1.82) is 0 Å². The fourth-order valence-electron chi connectivity index (χ4n) is 2.28. The average molecular weight is 361 g/mol. The van der Waals surface area contributed by atoms with Crippen molar-refractivity contribution in [3.63, 3.8) is 0 Å². The number of hydrogen-bond acceptors (Lipinski definition) is 4. The lowest BCUT2D eigenvalue weighted by molar-refractivity contribution is -0.121. The van der Waals surface area contributed by atoms with E-state index in [0.29, 0.717) is 6.54 Å². The van der Waals surface area contributed by atoms with Crippen molar-refractivity contribution >= 4 is 15.9 Å². The van der Waals surface area contributed by atoms with E-state index in [1.54, 1.807) is 24.5 Å². The van der Waals surface area contributed by atoms with Crippen molar-refractivity contribution in [2.45, 2.75) is 26.4 Å². The summed E-state index contributed by atoms with van der Waals surface area (Å²) in [5.41, 5.74) is 3.01. The van der Waals surface area contributed by atoms with Gasteiger partial charge in [0, 0.05) is 38.4 Å². The van der Waals surface area contributed by atoms with Crippen LogP contribution in [0, 0.1) is 6.92 Å². The minimum Gasteiger partial charge on any atom is -0.352 e. The number of aromatic nitrogens is 1. The Morgan fingerprint density at radius 2 is 1.72 bits per heavy atom. The first-order chi connectivity index (χ1) is 11.8. The Kier molecular flexibility index (Phi) is 6.66. The number of nitrogens with one attached hydrogen (secondary N) is 1. The van der Waals surface area contributed by atoms with Crippen LogP contribution in [0.25, 0.3) is 0 Å². The van der Waals surface area contributed by atoms with Gasteiger partial charge in [0.1, 0.15) is 0 Å². The Morgan fingerprint density at radius 3 is 2.32 bits per heavy atom. The molecule has 1 heterocycles. The lowest BCUT2D eigenvalue weighted by Gasteiger charge is -2.19. The molecule has 25 heavy (non-hydrogen) atoms. The topological polar surface area (TPSA) is 79.4 Å². The van der Waals surface area contributed by atoms with E-state index in [1.807, 2.05) is 31.2 Å². The smallest absolute Gasteiger partial charge is 0.221 e. The lowest BCUT2D eigenvalue weighted by Crippen LogP contribution is -2.34. The van der Waals surface area contributed by atoms with Gasteiger partial charge in [-0.25, -0.2) is 8.42 Å². The number of amides is 1. The molecule has 1 N–H and O–H groups in total. The summed E-state index contributed by atoms with van der Waals surface area (Å²) in [6.07, 6.45) is 4.50. The highest BCUT2D eigenvalue weighted by atomic mass is 32.2. The van der Waals surface area contributed by atoms with Gasteiger partial charge >= 0.3 is 0 Å². The van der Waals surface area contributed by atoms with E-state index >= 15 is 0 Å². The van der Waals surface area contributed by atoms with E-state index in [-0.39, 0.29) is 25.4 Å². The summed E-state index contributed by atoms with van der Waals surface area (Å²) in [5.74, 6) is -0.177. The zero-order chi connectivity index (χ0) is 18.3. The van der Waals surface area contributed by atoms with Crippen LogP contribution in [0.5, 0.6) is 0 Å². The van der Waals surface area contributed by atoms with Crippen LogP contribution >= 0.6 is 0 Å². The van der Waals surface area contributed by atoms with Gasteiger partial charge in [-0.3, -0.25) is 9.78 Å². The molecule has 0 saturated heterocycles. The van der Waals surface area contributed by atoms with Crippen molar-refractivity contribution in [2.24, 2.45) is 0 Å². The zero-order valence-corrected chi connectivity index (χ0v) is 15.3. The largest absolute Gasteiger partial charge is 0.352 e. The molecule has 2 rings (SSSR count). The summed E-state index contributed by atoms with van der Waals surface area (Å²) in [5, 5.41) is 2.82. The summed E-state index contributed by atoms with van der Waals surface area (Å²) in [4.78, 5) is 15.9. The summed E-state index contributed by atoms with van der Waals surface area (Å²) in [6.45, 7) is 2.81. The maximum Gasteiger partial charge on any atom is 0.221 e. The molecule has 0 saturated carbocycles. The summed E-state index contributed by atoms with van der Waals surface area (Å²) in [7, 11) is -3.40. The van der Waals surface area contributed by atoms with Crippen LogP contribution in [0.2, 0.25) is 0 Å². The zero-order valence-electron chi connectivity index (χ0n) is 14.5. The molecule has 6 nitrogen and oxygen atoms in total. The van der Waals surface area contributed by atoms with Crippen molar-refractivity contribution in [1.82, 2.24) is 14.6 Å². The molecule has 1 aromatic heterocycles. The number of carbonyl (C=O) groups is 1. The SMILES string of the molecule is Cc1ccc(CNC(=O)CCN(Cc2ccncc2)S(C)(=O)=O)cc1. The second-order valence-electron chi connectivity index (χ2n) is 5.96. The molecule has 7 heteroatoms. The normalized spacial score (nSPS) is 11.5. The first-order valence-electron chi connectivity index (χ1n) is 8.01. The number of carbonyl (C=O) groups excluding carboxylic acids is 1. The molecule has 1 amide bonds. The molecule has 1 aromatic carbocycles. The lowest BCUT2D eigenvalue weighted by atomic mass is 10.1. The van der Waals surface area contributed by atoms with E-state index in [0.717, 1.165) is 22.9 Å². The fourth-order valence-corrected chi connectivity index (χ4v) is 3.08. The van der Waals surface area contributed by atoms with Crippen molar-refractivity contribution in [2.75, 3.05) is 12.8 Å². The maximum absolute atomic E-state index is 12.0. The molecule has 0 radical (unpaired) electrons. The van der Waals surface area contributed by atoms with Crippen LogP contribution in [0.4, 0.5) is 0 Å². The molecular formula is C18H23N3O3S. The van der Waals surface area contributed by atoms with E-state index in [2.05, 4.69) is 10.3 Å². The third-order valence-electron chi connectivity index (χ3n) is 3.78. The van der Waals surface area contributed by atoms with Crippen molar-refractivity contribution in [3.05, 3.63) is 65.5 Å². The molecule has 0 bridgehead atoms. The van der Waals surface area contributed by atoms with Gasteiger partial charge in [-0.2, -0.15) is 4.31 Å². The molecular weight excluding hydrogens is 338 g/mol. The number of hydrogen-bond donors (Lipinski definition) is 1. The third kappa shape index (κ3) is 6.64. The van der Waals surface area contributed by atoms with E-state index in [9.17, 15) is 13.2 Å². The van der Waals surface area contributed by atoms with Gasteiger partial charge in [0.2, 0.25) is 15.9 Å². The summed E-state index contributed by atoms with van der Waals surface area (Å²) < 4.78 is 25.2. The number of rotatable bonds is 8. The number of aryl methyl sites for hydroxylation is 1. The van der Waals surface area contributed by atoms with E-state index < -0.39 is 10.0 Å². The molecule has 0 aliphatic rings. The number of sulfonamides is 1. The predicted molar refractivity (Wildman–Crippen MR) is 97.1 cm³/mol. The molecule has 0 unspecified atom stereocenters. The minimum absolute atomic E-state index is 0.115. The monoisotopic (exact) mass is 361 g/mol. The van der Waals surface area contributed by atoms with Crippen LogP contribution < -0.4 is 5.32 Å². The number of nitrogens with zero attached hydrogens (tertiary/aromatic N) is 2. The molecule has 134 valence electrons. The second kappa shape index (κ2) is 8.73. The van der Waals surface area contributed by atoms with Gasteiger partial charge in [0.25, 0.3) is 0 Å². The Balaban J connectivity index is 1.87. The molecule has 0 aliphatic carbocycles. The standard InChI is InChI=1S/C18H23N3O3S/c1-15-3-5-16(6-4-15)13-20-18(22)9-12-21(25(2,23)24)14-17-7-10-19-11-8-17/h3-8,10-11H,9,12-14H2,1-2H3,(H,20,22). The van der Waals surface area contributed by atoms with Gasteiger partial charge in [0.05, 0.1) is 6.26 Å². The van der Waals surface area contributed by atoms with Gasteiger partial charge in [-0.15, -0.1) is 0 Å². The highest BCUT2D eigenvalue weighted by Crippen LogP contribution is 2.08. The van der Waals surface area contributed by atoms with E-state index in [1.165, 1.54) is 4.31 Å². The third-order valence-corrected chi connectivity index (χ3v) is 5.03. The van der Waals surface area contributed by atoms with Crippen LogP contribution in [-0.2, 0) is 27.9 Å².